The number of amides is 1. The Labute approximate surface area is 121 Å². The molecule has 18 heavy (non-hydrogen) atoms. The third-order valence-electron chi connectivity index (χ3n) is 2.56. The highest BCUT2D eigenvalue weighted by atomic mass is 79.9. The van der Waals surface area contributed by atoms with Crippen molar-refractivity contribution in [2.24, 2.45) is 0 Å². The fraction of sp³-hybridized carbons (Fsp3) is 0.417. The maximum atomic E-state index is 11.7. The SMILES string of the molecule is Cl.O=C(CC1COCCN1)Nc1ccc(Br)cc1. The zero-order chi connectivity index (χ0) is 12.1. The lowest BCUT2D eigenvalue weighted by Gasteiger charge is -2.23. The van der Waals surface area contributed by atoms with Gasteiger partial charge in [-0.1, -0.05) is 15.9 Å². The van der Waals surface area contributed by atoms with Gasteiger partial charge in [0.05, 0.1) is 13.2 Å². The van der Waals surface area contributed by atoms with Gasteiger partial charge in [-0.3, -0.25) is 4.79 Å². The minimum Gasteiger partial charge on any atom is -0.378 e. The third kappa shape index (κ3) is 4.94. The number of carbonyl (C=O) groups is 1. The summed E-state index contributed by atoms with van der Waals surface area (Å²) in [5, 5.41) is 6.11. The summed E-state index contributed by atoms with van der Waals surface area (Å²) in [7, 11) is 0. The molecular weight excluding hydrogens is 320 g/mol. The molecule has 1 heterocycles. The van der Waals surface area contributed by atoms with Gasteiger partial charge in [0.25, 0.3) is 0 Å². The minimum atomic E-state index is 0. The van der Waals surface area contributed by atoms with Crippen molar-refractivity contribution in [2.45, 2.75) is 12.5 Å². The first-order chi connectivity index (χ1) is 8.24. The van der Waals surface area contributed by atoms with Gasteiger partial charge in [0.2, 0.25) is 5.91 Å². The van der Waals surface area contributed by atoms with Crippen molar-refractivity contribution in [1.82, 2.24) is 5.32 Å². The van der Waals surface area contributed by atoms with Crippen LogP contribution in [0.1, 0.15) is 6.42 Å². The molecule has 1 fully saturated rings. The van der Waals surface area contributed by atoms with Crippen molar-refractivity contribution in [2.75, 3.05) is 25.1 Å². The number of carbonyl (C=O) groups excluding carboxylic acids is 1. The summed E-state index contributed by atoms with van der Waals surface area (Å²) in [4.78, 5) is 11.7. The van der Waals surface area contributed by atoms with Crippen LogP contribution >= 0.6 is 28.3 Å². The molecule has 0 saturated carbocycles. The number of ether oxygens (including phenoxy) is 1. The van der Waals surface area contributed by atoms with Crippen molar-refractivity contribution < 1.29 is 9.53 Å². The molecule has 1 aromatic carbocycles. The van der Waals surface area contributed by atoms with E-state index in [1.165, 1.54) is 0 Å². The molecule has 0 aliphatic carbocycles. The molecule has 1 unspecified atom stereocenters. The Morgan fingerprint density at radius 2 is 2.17 bits per heavy atom. The summed E-state index contributed by atoms with van der Waals surface area (Å²) in [5.41, 5.74) is 0.815. The Kier molecular flexibility index (Phi) is 6.63. The minimum absolute atomic E-state index is 0. The van der Waals surface area contributed by atoms with Crippen LogP contribution in [-0.2, 0) is 9.53 Å². The second kappa shape index (κ2) is 7.74. The van der Waals surface area contributed by atoms with E-state index in [1.54, 1.807) is 0 Å². The van der Waals surface area contributed by atoms with E-state index in [2.05, 4.69) is 26.6 Å². The van der Waals surface area contributed by atoms with E-state index in [9.17, 15) is 4.79 Å². The van der Waals surface area contributed by atoms with E-state index in [1.807, 2.05) is 24.3 Å². The molecule has 0 radical (unpaired) electrons. The predicted molar refractivity (Wildman–Crippen MR) is 77.2 cm³/mol. The van der Waals surface area contributed by atoms with Crippen molar-refractivity contribution >= 4 is 39.9 Å². The molecule has 1 atom stereocenters. The maximum absolute atomic E-state index is 11.7. The smallest absolute Gasteiger partial charge is 0.226 e. The number of halogens is 2. The van der Waals surface area contributed by atoms with Gasteiger partial charge in [-0.2, -0.15) is 0 Å². The summed E-state index contributed by atoms with van der Waals surface area (Å²) in [6.07, 6.45) is 0.441. The van der Waals surface area contributed by atoms with Gasteiger partial charge in [0.15, 0.2) is 0 Å². The van der Waals surface area contributed by atoms with E-state index in [0.717, 1.165) is 23.3 Å². The number of anilines is 1. The first kappa shape index (κ1) is 15.4. The summed E-state index contributed by atoms with van der Waals surface area (Å²) >= 11 is 3.35. The Bertz CT molecular complexity index is 380. The summed E-state index contributed by atoms with van der Waals surface area (Å²) in [6.45, 7) is 2.15. The van der Waals surface area contributed by atoms with Crippen LogP contribution in [0.4, 0.5) is 5.69 Å². The topological polar surface area (TPSA) is 50.4 Å². The average Bonchev–Trinajstić information content (AvgIpc) is 2.33. The summed E-state index contributed by atoms with van der Waals surface area (Å²) < 4.78 is 6.30. The lowest BCUT2D eigenvalue weighted by atomic mass is 10.2. The number of morpholine rings is 1. The van der Waals surface area contributed by atoms with Gasteiger partial charge in [0.1, 0.15) is 0 Å². The fourth-order valence-corrected chi connectivity index (χ4v) is 1.98. The third-order valence-corrected chi connectivity index (χ3v) is 3.09. The molecule has 0 bridgehead atoms. The van der Waals surface area contributed by atoms with Gasteiger partial charge >= 0.3 is 0 Å². The molecule has 1 aliphatic heterocycles. The normalized spacial score (nSPS) is 18.8. The quantitative estimate of drug-likeness (QED) is 0.890. The lowest BCUT2D eigenvalue weighted by molar-refractivity contribution is -0.117. The van der Waals surface area contributed by atoms with E-state index in [-0.39, 0.29) is 24.4 Å². The molecule has 100 valence electrons. The van der Waals surface area contributed by atoms with Crippen LogP contribution in [0.2, 0.25) is 0 Å². The standard InChI is InChI=1S/C12H15BrN2O2.ClH/c13-9-1-3-10(4-2-9)15-12(16)7-11-8-17-6-5-14-11;/h1-4,11,14H,5-8H2,(H,15,16);1H. The van der Waals surface area contributed by atoms with Crippen molar-refractivity contribution in [3.05, 3.63) is 28.7 Å². The first-order valence-corrected chi connectivity index (χ1v) is 6.40. The number of rotatable bonds is 3. The second-order valence-electron chi connectivity index (χ2n) is 3.99. The highest BCUT2D eigenvalue weighted by Gasteiger charge is 2.16. The molecule has 2 N–H and O–H groups in total. The molecule has 1 aromatic rings. The number of hydrogen-bond donors (Lipinski definition) is 2. The monoisotopic (exact) mass is 334 g/mol. The van der Waals surface area contributed by atoms with Crippen LogP contribution in [0.25, 0.3) is 0 Å². The molecule has 1 amide bonds. The highest BCUT2D eigenvalue weighted by Crippen LogP contribution is 2.14. The Morgan fingerprint density at radius 3 is 2.78 bits per heavy atom. The molecular formula is C12H16BrClN2O2. The molecule has 6 heteroatoms. The maximum Gasteiger partial charge on any atom is 0.226 e. The van der Waals surface area contributed by atoms with Crippen LogP contribution in [0.5, 0.6) is 0 Å². The zero-order valence-corrected chi connectivity index (χ0v) is 12.2. The van der Waals surface area contributed by atoms with Crippen LogP contribution in [0.15, 0.2) is 28.7 Å². The molecule has 0 aromatic heterocycles. The van der Waals surface area contributed by atoms with Crippen LogP contribution < -0.4 is 10.6 Å². The van der Waals surface area contributed by atoms with E-state index in [4.69, 9.17) is 4.74 Å². The first-order valence-electron chi connectivity index (χ1n) is 5.60. The van der Waals surface area contributed by atoms with E-state index < -0.39 is 0 Å². The van der Waals surface area contributed by atoms with Gasteiger partial charge < -0.3 is 15.4 Å². The molecule has 2 rings (SSSR count). The van der Waals surface area contributed by atoms with Gasteiger partial charge in [0, 0.05) is 29.2 Å². The number of nitrogens with one attached hydrogen (secondary N) is 2. The molecule has 1 saturated heterocycles. The average molecular weight is 336 g/mol. The van der Waals surface area contributed by atoms with Crippen molar-refractivity contribution in [3.63, 3.8) is 0 Å². The van der Waals surface area contributed by atoms with Gasteiger partial charge in [-0.25, -0.2) is 0 Å². The molecule has 4 nitrogen and oxygen atoms in total. The largest absolute Gasteiger partial charge is 0.378 e. The zero-order valence-electron chi connectivity index (χ0n) is 9.82. The van der Waals surface area contributed by atoms with Gasteiger partial charge in [-0.15, -0.1) is 12.4 Å². The molecule has 0 spiro atoms. The Morgan fingerprint density at radius 1 is 1.44 bits per heavy atom. The lowest BCUT2D eigenvalue weighted by Crippen LogP contribution is -2.43. The summed E-state index contributed by atoms with van der Waals surface area (Å²) in [5.74, 6) is 0.00956. The van der Waals surface area contributed by atoms with Crippen molar-refractivity contribution in [3.8, 4) is 0 Å². The Balaban J connectivity index is 0.00000162. The fourth-order valence-electron chi connectivity index (χ4n) is 1.72. The molecule has 1 aliphatic rings. The Hall–Kier alpha value is -0.620. The predicted octanol–water partition coefficient (Wildman–Crippen LogP) is 2.19. The highest BCUT2D eigenvalue weighted by molar-refractivity contribution is 9.10. The second-order valence-corrected chi connectivity index (χ2v) is 4.90. The van der Waals surface area contributed by atoms with E-state index in [0.29, 0.717) is 13.0 Å². The van der Waals surface area contributed by atoms with Crippen LogP contribution in [0.3, 0.4) is 0 Å². The van der Waals surface area contributed by atoms with E-state index >= 15 is 0 Å². The van der Waals surface area contributed by atoms with Gasteiger partial charge in [-0.05, 0) is 24.3 Å². The van der Waals surface area contributed by atoms with Crippen molar-refractivity contribution in [1.29, 1.82) is 0 Å². The number of benzene rings is 1. The summed E-state index contributed by atoms with van der Waals surface area (Å²) in [6, 6.07) is 7.66. The number of hydrogen-bond acceptors (Lipinski definition) is 3. The van der Waals surface area contributed by atoms with Crippen LogP contribution in [-0.4, -0.2) is 31.7 Å². The van der Waals surface area contributed by atoms with Crippen LogP contribution in [0, 0.1) is 0 Å².